The summed E-state index contributed by atoms with van der Waals surface area (Å²) in [5.74, 6) is -0.742. The SMILES string of the molecule is CN(C)C[C@@H]1OCCN(C(=O)c2cncc(F)c2)[C@H]1c1ccccc1. The number of amides is 1. The van der Waals surface area contributed by atoms with Crippen molar-refractivity contribution in [3.63, 3.8) is 0 Å². The predicted octanol–water partition coefficient (Wildman–Crippen LogP) is 2.36. The molecule has 0 bridgehead atoms. The molecule has 25 heavy (non-hydrogen) atoms. The van der Waals surface area contributed by atoms with Gasteiger partial charge in [0.1, 0.15) is 5.82 Å². The molecule has 0 N–H and O–H groups in total. The molecule has 5 nitrogen and oxygen atoms in total. The second-order valence-corrected chi connectivity index (χ2v) is 6.42. The highest BCUT2D eigenvalue weighted by molar-refractivity contribution is 5.94. The number of likely N-dealkylation sites (N-methyl/N-ethyl adjacent to an activating group) is 1. The average molecular weight is 343 g/mol. The molecule has 1 fully saturated rings. The Labute approximate surface area is 147 Å². The second kappa shape index (κ2) is 7.72. The van der Waals surface area contributed by atoms with Gasteiger partial charge in [0, 0.05) is 19.3 Å². The lowest BCUT2D eigenvalue weighted by molar-refractivity contribution is -0.0684. The number of carbonyl (C=O) groups is 1. The summed E-state index contributed by atoms with van der Waals surface area (Å²) in [5.41, 5.74) is 1.26. The van der Waals surface area contributed by atoms with Crippen LogP contribution in [0, 0.1) is 5.82 Å². The minimum atomic E-state index is -0.514. The zero-order valence-corrected chi connectivity index (χ0v) is 14.4. The molecule has 1 aliphatic heterocycles. The van der Waals surface area contributed by atoms with Crippen LogP contribution in [0.3, 0.4) is 0 Å². The van der Waals surface area contributed by atoms with Crippen LogP contribution in [0.25, 0.3) is 0 Å². The summed E-state index contributed by atoms with van der Waals surface area (Å²) in [6.45, 7) is 1.60. The number of pyridine rings is 1. The molecular formula is C19H22FN3O2. The highest BCUT2D eigenvalue weighted by atomic mass is 19.1. The van der Waals surface area contributed by atoms with E-state index in [1.807, 2.05) is 49.3 Å². The van der Waals surface area contributed by atoms with Gasteiger partial charge in [-0.05, 0) is 25.7 Å². The second-order valence-electron chi connectivity index (χ2n) is 6.42. The molecule has 1 aromatic carbocycles. The van der Waals surface area contributed by atoms with Crippen LogP contribution in [0.5, 0.6) is 0 Å². The molecule has 1 aromatic heterocycles. The first kappa shape index (κ1) is 17.5. The van der Waals surface area contributed by atoms with Crippen molar-refractivity contribution >= 4 is 5.91 Å². The van der Waals surface area contributed by atoms with Gasteiger partial charge in [0.2, 0.25) is 0 Å². The Morgan fingerprint density at radius 2 is 2.08 bits per heavy atom. The highest BCUT2D eigenvalue weighted by Crippen LogP contribution is 2.31. The molecule has 2 aromatic rings. The third kappa shape index (κ3) is 4.03. The summed E-state index contributed by atoms with van der Waals surface area (Å²) in [5, 5.41) is 0. The molecule has 132 valence electrons. The van der Waals surface area contributed by atoms with Crippen molar-refractivity contribution in [1.82, 2.24) is 14.8 Å². The van der Waals surface area contributed by atoms with Gasteiger partial charge < -0.3 is 14.5 Å². The van der Waals surface area contributed by atoms with Crippen molar-refractivity contribution in [2.45, 2.75) is 12.1 Å². The van der Waals surface area contributed by atoms with Gasteiger partial charge in [0.25, 0.3) is 5.91 Å². The van der Waals surface area contributed by atoms with E-state index in [0.29, 0.717) is 19.7 Å². The molecule has 0 aliphatic carbocycles. The third-order valence-electron chi connectivity index (χ3n) is 4.25. The molecule has 1 saturated heterocycles. The Kier molecular flexibility index (Phi) is 5.40. The first-order chi connectivity index (χ1) is 12.1. The Balaban J connectivity index is 1.95. The molecule has 0 unspecified atom stereocenters. The maximum Gasteiger partial charge on any atom is 0.256 e. The first-order valence-corrected chi connectivity index (χ1v) is 8.29. The normalized spacial score (nSPS) is 20.7. The lowest BCUT2D eigenvalue weighted by Gasteiger charge is -2.42. The van der Waals surface area contributed by atoms with Gasteiger partial charge in [0.15, 0.2) is 0 Å². The third-order valence-corrected chi connectivity index (χ3v) is 4.25. The van der Waals surface area contributed by atoms with Crippen molar-refractivity contribution in [2.75, 3.05) is 33.8 Å². The minimum absolute atomic E-state index is 0.156. The molecule has 0 radical (unpaired) electrons. The van der Waals surface area contributed by atoms with Gasteiger partial charge in [-0.15, -0.1) is 0 Å². The Bertz CT molecular complexity index is 724. The number of morpholine rings is 1. The largest absolute Gasteiger partial charge is 0.373 e. The minimum Gasteiger partial charge on any atom is -0.373 e. The summed E-state index contributed by atoms with van der Waals surface area (Å²) >= 11 is 0. The summed E-state index contributed by atoms with van der Waals surface area (Å²) < 4.78 is 19.5. The maximum absolute atomic E-state index is 13.5. The van der Waals surface area contributed by atoms with Crippen molar-refractivity contribution in [2.24, 2.45) is 0 Å². The van der Waals surface area contributed by atoms with Gasteiger partial charge in [-0.3, -0.25) is 9.78 Å². The molecule has 2 heterocycles. The standard InChI is InChI=1S/C19H22FN3O2/c1-22(2)13-17-18(14-6-4-3-5-7-14)23(8-9-25-17)19(24)15-10-16(20)12-21-11-15/h3-7,10-12,17-18H,8-9,13H2,1-2H3/t17-,18-/m0/s1. The van der Waals surface area contributed by atoms with Gasteiger partial charge in [-0.2, -0.15) is 0 Å². The van der Waals surface area contributed by atoms with E-state index in [4.69, 9.17) is 4.74 Å². The van der Waals surface area contributed by atoms with E-state index in [2.05, 4.69) is 4.98 Å². The van der Waals surface area contributed by atoms with Crippen LogP contribution >= 0.6 is 0 Å². The summed E-state index contributed by atoms with van der Waals surface area (Å²) in [6.07, 6.45) is 2.35. The summed E-state index contributed by atoms with van der Waals surface area (Å²) in [7, 11) is 3.95. The molecule has 0 saturated carbocycles. The lowest BCUT2D eigenvalue weighted by Crippen LogP contribution is -2.51. The smallest absolute Gasteiger partial charge is 0.256 e. The topological polar surface area (TPSA) is 45.7 Å². The van der Waals surface area contributed by atoms with Gasteiger partial charge in [-0.25, -0.2) is 4.39 Å². The van der Waals surface area contributed by atoms with Gasteiger partial charge in [0.05, 0.1) is 30.5 Å². The fraction of sp³-hybridized carbons (Fsp3) is 0.368. The van der Waals surface area contributed by atoms with E-state index in [9.17, 15) is 9.18 Å². The van der Waals surface area contributed by atoms with Crippen LogP contribution in [0.4, 0.5) is 4.39 Å². The number of hydrogen-bond donors (Lipinski definition) is 0. The fourth-order valence-electron chi connectivity index (χ4n) is 3.21. The summed E-state index contributed by atoms with van der Waals surface area (Å²) in [4.78, 5) is 20.6. The van der Waals surface area contributed by atoms with Crippen LogP contribution < -0.4 is 0 Å². The van der Waals surface area contributed by atoms with Crippen LogP contribution in [-0.2, 0) is 4.74 Å². The van der Waals surface area contributed by atoms with Crippen molar-refractivity contribution in [3.8, 4) is 0 Å². The van der Waals surface area contributed by atoms with Crippen LogP contribution in [-0.4, -0.2) is 60.6 Å². The van der Waals surface area contributed by atoms with Gasteiger partial charge in [-0.1, -0.05) is 30.3 Å². The highest BCUT2D eigenvalue weighted by Gasteiger charge is 2.37. The number of benzene rings is 1. The molecule has 0 spiro atoms. The van der Waals surface area contributed by atoms with E-state index >= 15 is 0 Å². The van der Waals surface area contributed by atoms with E-state index in [-0.39, 0.29) is 23.6 Å². The fourth-order valence-corrected chi connectivity index (χ4v) is 3.21. The molecular weight excluding hydrogens is 321 g/mol. The number of nitrogens with zero attached hydrogens (tertiary/aromatic N) is 3. The molecule has 3 rings (SSSR count). The van der Waals surface area contributed by atoms with Crippen LogP contribution in [0.1, 0.15) is 22.0 Å². The maximum atomic E-state index is 13.5. The first-order valence-electron chi connectivity index (χ1n) is 8.29. The van der Waals surface area contributed by atoms with Gasteiger partial charge >= 0.3 is 0 Å². The number of carbonyl (C=O) groups excluding carboxylic acids is 1. The van der Waals surface area contributed by atoms with E-state index < -0.39 is 5.82 Å². The molecule has 6 heteroatoms. The van der Waals surface area contributed by atoms with E-state index in [0.717, 1.165) is 11.8 Å². The number of ether oxygens (including phenoxy) is 1. The molecule has 1 aliphatic rings. The zero-order valence-electron chi connectivity index (χ0n) is 14.4. The van der Waals surface area contributed by atoms with E-state index in [1.54, 1.807) is 4.90 Å². The quantitative estimate of drug-likeness (QED) is 0.855. The van der Waals surface area contributed by atoms with Crippen molar-refractivity contribution < 1.29 is 13.9 Å². The van der Waals surface area contributed by atoms with Crippen LogP contribution in [0.15, 0.2) is 48.8 Å². The lowest BCUT2D eigenvalue weighted by atomic mass is 9.96. The monoisotopic (exact) mass is 343 g/mol. The van der Waals surface area contributed by atoms with Crippen molar-refractivity contribution in [3.05, 3.63) is 65.7 Å². The number of hydrogen-bond acceptors (Lipinski definition) is 4. The molecule has 2 atom stereocenters. The van der Waals surface area contributed by atoms with E-state index in [1.165, 1.54) is 12.3 Å². The molecule has 1 amide bonds. The average Bonchev–Trinajstić information content (AvgIpc) is 2.61. The number of aromatic nitrogens is 1. The zero-order chi connectivity index (χ0) is 17.8. The van der Waals surface area contributed by atoms with Crippen molar-refractivity contribution in [1.29, 1.82) is 0 Å². The summed E-state index contributed by atoms with van der Waals surface area (Å²) in [6, 6.07) is 10.8. The Morgan fingerprint density at radius 1 is 1.32 bits per heavy atom. The number of rotatable bonds is 4. The number of halogens is 1. The Morgan fingerprint density at radius 3 is 2.76 bits per heavy atom. The Hall–Kier alpha value is -2.31. The van der Waals surface area contributed by atoms with Crippen LogP contribution in [0.2, 0.25) is 0 Å². The predicted molar refractivity (Wildman–Crippen MR) is 92.7 cm³/mol.